The van der Waals surface area contributed by atoms with E-state index in [4.69, 9.17) is 9.47 Å². The minimum absolute atomic E-state index is 0.0703. The van der Waals surface area contributed by atoms with Gasteiger partial charge in [0.05, 0.1) is 19.2 Å². The van der Waals surface area contributed by atoms with Gasteiger partial charge in [-0.05, 0) is 79.0 Å². The third-order valence-electron chi connectivity index (χ3n) is 7.89. The van der Waals surface area contributed by atoms with Gasteiger partial charge < -0.3 is 14.8 Å². The molecule has 3 aromatic rings. The number of thiazole rings is 1. The normalized spacial score (nSPS) is 25.8. The number of hydrogen-bond donors (Lipinski definition) is 1. The van der Waals surface area contributed by atoms with Crippen LogP contribution in [0.4, 0.5) is 10.1 Å². The molecule has 188 valence electrons. The molecule has 6 nitrogen and oxygen atoms in total. The van der Waals surface area contributed by atoms with Crippen LogP contribution in [0.1, 0.15) is 35.6 Å². The van der Waals surface area contributed by atoms with Crippen LogP contribution in [0.2, 0.25) is 0 Å². The molecule has 1 aliphatic heterocycles. The summed E-state index contributed by atoms with van der Waals surface area (Å²) in [6.45, 7) is -0.0703. The summed E-state index contributed by atoms with van der Waals surface area (Å²) in [5, 5.41) is 4.12. The van der Waals surface area contributed by atoms with Crippen molar-refractivity contribution >= 4 is 34.7 Å². The Morgan fingerprint density at radius 3 is 2.58 bits per heavy atom. The largest absolute Gasteiger partial charge is 0.493 e. The molecule has 0 saturated heterocycles. The highest BCUT2D eigenvalue weighted by Crippen LogP contribution is 2.64. The number of aromatic nitrogens is 1. The number of amides is 1. The zero-order valence-electron chi connectivity index (χ0n) is 20.0. The number of anilines is 1. The van der Waals surface area contributed by atoms with Crippen molar-refractivity contribution in [3.8, 4) is 11.5 Å². The molecule has 9 heteroatoms. The van der Waals surface area contributed by atoms with Gasteiger partial charge in [0.1, 0.15) is 12.4 Å². The van der Waals surface area contributed by atoms with Crippen molar-refractivity contribution in [1.82, 2.24) is 4.57 Å². The van der Waals surface area contributed by atoms with E-state index in [1.807, 2.05) is 12.1 Å². The maximum absolute atomic E-state index is 13.2. The van der Waals surface area contributed by atoms with Crippen molar-refractivity contribution in [2.75, 3.05) is 19.5 Å². The summed E-state index contributed by atoms with van der Waals surface area (Å²) in [4.78, 5) is 27.0. The fourth-order valence-electron chi connectivity index (χ4n) is 6.38. The summed E-state index contributed by atoms with van der Waals surface area (Å²) in [5.41, 5.74) is 1.63. The molecule has 5 unspecified atom stereocenters. The van der Waals surface area contributed by atoms with Crippen LogP contribution in [0.15, 0.2) is 52.3 Å². The number of fused-ring (bicyclic) bond motifs is 6. The lowest BCUT2D eigenvalue weighted by molar-refractivity contribution is -0.116. The third kappa shape index (κ3) is 3.93. The summed E-state index contributed by atoms with van der Waals surface area (Å²) in [6, 6.07) is 11.7. The van der Waals surface area contributed by atoms with Gasteiger partial charge in [0.25, 0.3) is 0 Å². The lowest BCUT2D eigenvalue weighted by Crippen LogP contribution is -2.34. The second kappa shape index (κ2) is 9.27. The number of hydrogen-bond acceptors (Lipinski definition) is 6. The molecular formula is C27H27FN2O4S2. The van der Waals surface area contributed by atoms with Crippen molar-refractivity contribution in [3.05, 3.63) is 68.4 Å². The number of carbonyl (C=O) groups is 1. The SMILES string of the molecule is COc1ccc(C2c3sc(=O)n(CC(=O)Nc4ccc(F)cc4)c3SC3C4CCC(C4)C23)cc1OC. The van der Waals surface area contributed by atoms with Crippen LogP contribution in [0, 0.1) is 23.6 Å². The van der Waals surface area contributed by atoms with Crippen molar-refractivity contribution < 1.29 is 18.7 Å². The average Bonchev–Trinajstić information content (AvgIpc) is 3.58. The molecule has 2 saturated carbocycles. The van der Waals surface area contributed by atoms with Crippen LogP contribution in [0.25, 0.3) is 0 Å². The zero-order valence-corrected chi connectivity index (χ0v) is 21.7. The first-order chi connectivity index (χ1) is 17.5. The first kappa shape index (κ1) is 23.6. The number of thioether (sulfide) groups is 1. The van der Waals surface area contributed by atoms with E-state index in [2.05, 4.69) is 11.4 Å². The number of methoxy groups -OCH3 is 2. The quantitative estimate of drug-likeness (QED) is 0.469. The molecule has 0 radical (unpaired) electrons. The Morgan fingerprint density at radius 1 is 1.08 bits per heavy atom. The van der Waals surface area contributed by atoms with Crippen LogP contribution in [-0.2, 0) is 11.3 Å². The van der Waals surface area contributed by atoms with Gasteiger partial charge in [-0.3, -0.25) is 14.2 Å². The lowest BCUT2D eigenvalue weighted by Gasteiger charge is -2.40. The second-order valence-corrected chi connectivity index (χ2v) is 11.9. The molecule has 1 amide bonds. The molecule has 5 atom stereocenters. The van der Waals surface area contributed by atoms with E-state index in [1.54, 1.807) is 30.5 Å². The molecule has 2 aromatic carbocycles. The molecule has 36 heavy (non-hydrogen) atoms. The van der Waals surface area contributed by atoms with E-state index in [0.29, 0.717) is 40.2 Å². The molecular weight excluding hydrogens is 499 g/mol. The zero-order chi connectivity index (χ0) is 25.0. The monoisotopic (exact) mass is 526 g/mol. The van der Waals surface area contributed by atoms with Crippen molar-refractivity contribution in [2.45, 2.75) is 42.0 Å². The van der Waals surface area contributed by atoms with E-state index in [0.717, 1.165) is 15.5 Å². The van der Waals surface area contributed by atoms with Crippen LogP contribution in [0.3, 0.4) is 0 Å². The number of benzene rings is 2. The second-order valence-electron chi connectivity index (χ2n) is 9.76. The van der Waals surface area contributed by atoms with Crippen LogP contribution in [-0.4, -0.2) is 29.9 Å². The number of ether oxygens (including phenoxy) is 2. The summed E-state index contributed by atoms with van der Waals surface area (Å²) >= 11 is 3.05. The number of carbonyl (C=O) groups excluding carboxylic acids is 1. The molecule has 1 aromatic heterocycles. The van der Waals surface area contributed by atoms with Gasteiger partial charge in [0.15, 0.2) is 11.5 Å². The van der Waals surface area contributed by atoms with Crippen LogP contribution >= 0.6 is 23.1 Å². The fourth-order valence-corrected chi connectivity index (χ4v) is 9.53. The summed E-state index contributed by atoms with van der Waals surface area (Å²) in [6.07, 6.45) is 3.70. The molecule has 6 rings (SSSR count). The van der Waals surface area contributed by atoms with E-state index < -0.39 is 0 Å². The summed E-state index contributed by atoms with van der Waals surface area (Å²) in [5.74, 6) is 2.51. The molecule has 2 heterocycles. The molecule has 1 N–H and O–H groups in total. The first-order valence-corrected chi connectivity index (χ1v) is 13.8. The topological polar surface area (TPSA) is 69.6 Å². The Bertz CT molecular complexity index is 1370. The summed E-state index contributed by atoms with van der Waals surface area (Å²) < 4.78 is 25.9. The van der Waals surface area contributed by atoms with Gasteiger partial charge in [0.2, 0.25) is 5.91 Å². The number of rotatable bonds is 6. The highest BCUT2D eigenvalue weighted by Gasteiger charge is 2.55. The molecule has 2 bridgehead atoms. The smallest absolute Gasteiger partial charge is 0.308 e. The van der Waals surface area contributed by atoms with Crippen molar-refractivity contribution in [1.29, 1.82) is 0 Å². The Labute approximate surface area is 216 Å². The average molecular weight is 527 g/mol. The Morgan fingerprint density at radius 2 is 1.83 bits per heavy atom. The maximum Gasteiger partial charge on any atom is 0.308 e. The molecule has 3 aliphatic rings. The van der Waals surface area contributed by atoms with Crippen LogP contribution < -0.4 is 19.7 Å². The van der Waals surface area contributed by atoms with Crippen LogP contribution in [0.5, 0.6) is 11.5 Å². The highest BCUT2D eigenvalue weighted by molar-refractivity contribution is 8.00. The van der Waals surface area contributed by atoms with Gasteiger partial charge in [-0.2, -0.15) is 0 Å². The lowest BCUT2D eigenvalue weighted by atomic mass is 9.75. The van der Waals surface area contributed by atoms with Gasteiger partial charge in [-0.25, -0.2) is 4.39 Å². The summed E-state index contributed by atoms with van der Waals surface area (Å²) in [7, 11) is 3.26. The minimum Gasteiger partial charge on any atom is -0.493 e. The molecule has 0 spiro atoms. The predicted molar refractivity (Wildman–Crippen MR) is 139 cm³/mol. The third-order valence-corrected chi connectivity index (χ3v) is 10.7. The maximum atomic E-state index is 13.2. The predicted octanol–water partition coefficient (Wildman–Crippen LogP) is 5.36. The minimum atomic E-state index is -0.367. The van der Waals surface area contributed by atoms with Crippen molar-refractivity contribution in [3.63, 3.8) is 0 Å². The van der Waals surface area contributed by atoms with E-state index in [-0.39, 0.29) is 29.1 Å². The van der Waals surface area contributed by atoms with E-state index in [1.165, 1.54) is 54.9 Å². The Hall–Kier alpha value is -2.78. The number of halogens is 1. The van der Waals surface area contributed by atoms with Crippen molar-refractivity contribution in [2.24, 2.45) is 17.8 Å². The molecule has 2 fully saturated rings. The van der Waals surface area contributed by atoms with Gasteiger partial charge in [0, 0.05) is 21.7 Å². The Kier molecular flexibility index (Phi) is 6.08. The fraction of sp³-hybridized carbons (Fsp3) is 0.407. The highest BCUT2D eigenvalue weighted by atomic mass is 32.2. The standard InChI is InChI=1S/C27H27FN2O4S2/c1-33-19-10-5-15(12-20(19)34-2)23-22-14-3-4-16(11-14)24(22)35-26-25(23)36-27(32)30(26)13-21(31)29-18-8-6-17(28)7-9-18/h5-10,12,14,16,22-24H,3-4,11,13H2,1-2H3,(H,29,31). The first-order valence-electron chi connectivity index (χ1n) is 12.1. The van der Waals surface area contributed by atoms with E-state index in [9.17, 15) is 14.0 Å². The number of nitrogens with zero attached hydrogens (tertiary/aromatic N) is 1. The van der Waals surface area contributed by atoms with E-state index >= 15 is 0 Å². The molecule has 2 aliphatic carbocycles. The van der Waals surface area contributed by atoms with Gasteiger partial charge >= 0.3 is 4.87 Å². The van der Waals surface area contributed by atoms with Gasteiger partial charge in [-0.1, -0.05) is 17.4 Å². The Balaban J connectivity index is 1.38. The van der Waals surface area contributed by atoms with Gasteiger partial charge in [-0.15, -0.1) is 11.8 Å². The number of nitrogens with one attached hydrogen (secondary N) is 1.